The van der Waals surface area contributed by atoms with Crippen molar-refractivity contribution in [2.24, 2.45) is 0 Å². The molecular formula is C11H14O3. The zero-order valence-corrected chi connectivity index (χ0v) is 8.36. The number of benzene rings is 1. The first kappa shape index (κ1) is 10.4. The lowest BCUT2D eigenvalue weighted by Crippen LogP contribution is -1.94. The van der Waals surface area contributed by atoms with Crippen LogP contribution in [0.5, 0.6) is 17.2 Å². The van der Waals surface area contributed by atoms with E-state index in [9.17, 15) is 5.11 Å². The lowest BCUT2D eigenvalue weighted by Gasteiger charge is -2.07. The van der Waals surface area contributed by atoms with Crippen molar-refractivity contribution in [3.63, 3.8) is 0 Å². The highest BCUT2D eigenvalue weighted by atomic mass is 16.5. The number of rotatable bonds is 4. The maximum atomic E-state index is 9.43. The van der Waals surface area contributed by atoms with Gasteiger partial charge in [0, 0.05) is 6.07 Å². The summed E-state index contributed by atoms with van der Waals surface area (Å²) < 4.78 is 10.3. The van der Waals surface area contributed by atoms with E-state index < -0.39 is 0 Å². The summed E-state index contributed by atoms with van der Waals surface area (Å²) in [7, 11) is 1.57. The van der Waals surface area contributed by atoms with E-state index >= 15 is 0 Å². The number of aromatic hydroxyl groups is 1. The quantitative estimate of drug-likeness (QED) is 0.748. The lowest BCUT2D eigenvalue weighted by atomic mass is 10.3. The van der Waals surface area contributed by atoms with Gasteiger partial charge in [-0.2, -0.15) is 0 Å². The normalized spacial score (nSPS) is 10.4. The summed E-state index contributed by atoms with van der Waals surface area (Å²) in [5.41, 5.74) is 0. The number of hydrogen-bond acceptors (Lipinski definition) is 3. The molecule has 1 N–H and O–H groups in total. The summed E-state index contributed by atoms with van der Waals surface area (Å²) in [5, 5.41) is 9.43. The van der Waals surface area contributed by atoms with Gasteiger partial charge in [-0.1, -0.05) is 12.2 Å². The highest BCUT2D eigenvalue weighted by Gasteiger charge is 2.02. The summed E-state index contributed by atoms with van der Waals surface area (Å²) in [4.78, 5) is 0. The fourth-order valence-corrected chi connectivity index (χ4v) is 0.971. The highest BCUT2D eigenvalue weighted by Crippen LogP contribution is 2.29. The van der Waals surface area contributed by atoms with Gasteiger partial charge in [-0.3, -0.25) is 0 Å². The molecule has 0 aliphatic heterocycles. The van der Waals surface area contributed by atoms with Crippen LogP contribution in [0.3, 0.4) is 0 Å². The Morgan fingerprint density at radius 1 is 1.43 bits per heavy atom. The topological polar surface area (TPSA) is 38.7 Å². The fourth-order valence-electron chi connectivity index (χ4n) is 0.971. The SMILES string of the molecule is C/C=C/COc1cc(OC)ccc1O. The van der Waals surface area contributed by atoms with Crippen LogP contribution in [-0.4, -0.2) is 18.8 Å². The Morgan fingerprint density at radius 2 is 2.21 bits per heavy atom. The van der Waals surface area contributed by atoms with Gasteiger partial charge in [0.05, 0.1) is 7.11 Å². The molecule has 0 aromatic heterocycles. The Balaban J connectivity index is 2.73. The molecule has 0 amide bonds. The van der Waals surface area contributed by atoms with Crippen molar-refractivity contribution in [2.75, 3.05) is 13.7 Å². The summed E-state index contributed by atoms with van der Waals surface area (Å²) in [5.74, 6) is 1.22. The van der Waals surface area contributed by atoms with Crippen LogP contribution in [0.2, 0.25) is 0 Å². The van der Waals surface area contributed by atoms with Crippen molar-refractivity contribution >= 4 is 0 Å². The van der Waals surface area contributed by atoms with Crippen molar-refractivity contribution < 1.29 is 14.6 Å². The second-order valence-electron chi connectivity index (χ2n) is 2.71. The molecule has 0 bridgehead atoms. The zero-order chi connectivity index (χ0) is 10.4. The van der Waals surface area contributed by atoms with Crippen molar-refractivity contribution in [2.45, 2.75) is 6.92 Å². The van der Waals surface area contributed by atoms with E-state index in [0.717, 1.165) is 0 Å². The summed E-state index contributed by atoms with van der Waals surface area (Å²) in [6.45, 7) is 2.35. The van der Waals surface area contributed by atoms with Crippen LogP contribution in [-0.2, 0) is 0 Å². The molecular weight excluding hydrogens is 180 g/mol. The minimum absolute atomic E-state index is 0.121. The molecule has 0 saturated heterocycles. The van der Waals surface area contributed by atoms with Crippen molar-refractivity contribution in [3.05, 3.63) is 30.4 Å². The number of ether oxygens (including phenoxy) is 2. The van der Waals surface area contributed by atoms with Crippen LogP contribution >= 0.6 is 0 Å². The molecule has 0 unspecified atom stereocenters. The molecule has 0 aliphatic carbocycles. The zero-order valence-electron chi connectivity index (χ0n) is 8.36. The molecule has 0 heterocycles. The molecule has 0 fully saturated rings. The largest absolute Gasteiger partial charge is 0.504 e. The van der Waals surface area contributed by atoms with E-state index in [0.29, 0.717) is 18.1 Å². The Morgan fingerprint density at radius 3 is 2.86 bits per heavy atom. The minimum atomic E-state index is 0.121. The Hall–Kier alpha value is -1.64. The lowest BCUT2D eigenvalue weighted by molar-refractivity contribution is 0.331. The monoisotopic (exact) mass is 194 g/mol. The molecule has 0 saturated carbocycles. The molecule has 76 valence electrons. The van der Waals surface area contributed by atoms with E-state index in [1.165, 1.54) is 0 Å². The standard InChI is InChI=1S/C11H14O3/c1-3-4-7-14-11-8-9(13-2)5-6-10(11)12/h3-6,8,12H,7H2,1-2H3/b4-3+. The third-order valence-corrected chi connectivity index (χ3v) is 1.74. The van der Waals surface area contributed by atoms with Crippen molar-refractivity contribution in [1.82, 2.24) is 0 Å². The predicted octanol–water partition coefficient (Wildman–Crippen LogP) is 2.36. The summed E-state index contributed by atoms with van der Waals surface area (Å²) >= 11 is 0. The minimum Gasteiger partial charge on any atom is -0.504 e. The number of phenols is 1. The third kappa shape index (κ3) is 2.69. The van der Waals surface area contributed by atoms with Crippen molar-refractivity contribution in [1.29, 1.82) is 0 Å². The molecule has 14 heavy (non-hydrogen) atoms. The van der Waals surface area contributed by atoms with Gasteiger partial charge >= 0.3 is 0 Å². The van der Waals surface area contributed by atoms with Gasteiger partial charge in [0.2, 0.25) is 0 Å². The first-order valence-corrected chi connectivity index (χ1v) is 4.39. The number of methoxy groups -OCH3 is 1. The van der Waals surface area contributed by atoms with Crippen LogP contribution in [0.25, 0.3) is 0 Å². The predicted molar refractivity (Wildman–Crippen MR) is 55.0 cm³/mol. The van der Waals surface area contributed by atoms with Gasteiger partial charge in [0.15, 0.2) is 11.5 Å². The van der Waals surface area contributed by atoms with Crippen LogP contribution < -0.4 is 9.47 Å². The summed E-state index contributed by atoms with van der Waals surface area (Å²) in [6, 6.07) is 4.88. The van der Waals surface area contributed by atoms with Gasteiger partial charge in [-0.15, -0.1) is 0 Å². The Bertz CT molecular complexity index is 318. The third-order valence-electron chi connectivity index (χ3n) is 1.74. The molecule has 3 heteroatoms. The smallest absolute Gasteiger partial charge is 0.165 e. The number of hydrogen-bond donors (Lipinski definition) is 1. The second-order valence-corrected chi connectivity index (χ2v) is 2.71. The van der Waals surface area contributed by atoms with Crippen LogP contribution in [0.15, 0.2) is 30.4 Å². The van der Waals surface area contributed by atoms with E-state index in [2.05, 4.69) is 0 Å². The van der Waals surface area contributed by atoms with Gasteiger partial charge in [0.25, 0.3) is 0 Å². The molecule has 1 aromatic carbocycles. The second kappa shape index (κ2) is 5.17. The average Bonchev–Trinajstić information content (AvgIpc) is 2.21. The molecule has 1 rings (SSSR count). The van der Waals surface area contributed by atoms with Crippen LogP contribution in [0, 0.1) is 0 Å². The van der Waals surface area contributed by atoms with Crippen LogP contribution in [0.4, 0.5) is 0 Å². The highest BCUT2D eigenvalue weighted by molar-refractivity contribution is 5.44. The van der Waals surface area contributed by atoms with E-state index in [-0.39, 0.29) is 5.75 Å². The number of phenolic OH excluding ortho intramolecular Hbond substituents is 1. The van der Waals surface area contributed by atoms with E-state index in [4.69, 9.17) is 9.47 Å². The molecule has 0 spiro atoms. The Labute approximate surface area is 83.6 Å². The van der Waals surface area contributed by atoms with Gasteiger partial charge < -0.3 is 14.6 Å². The fraction of sp³-hybridized carbons (Fsp3) is 0.273. The van der Waals surface area contributed by atoms with Crippen LogP contribution in [0.1, 0.15) is 6.92 Å². The molecule has 0 atom stereocenters. The van der Waals surface area contributed by atoms with E-state index in [1.54, 1.807) is 25.3 Å². The maximum absolute atomic E-state index is 9.43. The molecule has 0 aliphatic rings. The maximum Gasteiger partial charge on any atom is 0.165 e. The molecule has 1 aromatic rings. The molecule has 3 nitrogen and oxygen atoms in total. The summed E-state index contributed by atoms with van der Waals surface area (Å²) in [6.07, 6.45) is 3.75. The van der Waals surface area contributed by atoms with Gasteiger partial charge in [-0.25, -0.2) is 0 Å². The van der Waals surface area contributed by atoms with Crippen molar-refractivity contribution in [3.8, 4) is 17.2 Å². The van der Waals surface area contributed by atoms with Gasteiger partial charge in [0.1, 0.15) is 12.4 Å². The van der Waals surface area contributed by atoms with E-state index in [1.807, 2.05) is 19.1 Å². The Kier molecular flexibility index (Phi) is 3.85. The first-order chi connectivity index (χ1) is 6.77. The first-order valence-electron chi connectivity index (χ1n) is 4.39. The molecule has 0 radical (unpaired) electrons. The van der Waals surface area contributed by atoms with Gasteiger partial charge in [-0.05, 0) is 19.1 Å². The average molecular weight is 194 g/mol. The number of allylic oxidation sites excluding steroid dienone is 1.